The molecule has 1 saturated carbocycles. The molecule has 0 heterocycles. The van der Waals surface area contributed by atoms with Crippen LogP contribution >= 0.6 is 11.8 Å². The van der Waals surface area contributed by atoms with Crippen molar-refractivity contribution in [1.29, 1.82) is 5.26 Å². The predicted molar refractivity (Wildman–Crippen MR) is 71.6 cm³/mol. The van der Waals surface area contributed by atoms with Crippen molar-refractivity contribution in [2.45, 2.75) is 56.7 Å². The highest BCUT2D eigenvalue weighted by atomic mass is 32.2. The highest BCUT2D eigenvalue weighted by Gasteiger charge is 2.41. The summed E-state index contributed by atoms with van der Waals surface area (Å²) >= 11 is 2.00. The second-order valence-corrected chi connectivity index (χ2v) is 7.59. The van der Waals surface area contributed by atoms with Crippen LogP contribution < -0.4 is 5.32 Å². The van der Waals surface area contributed by atoms with Crippen LogP contribution in [0.2, 0.25) is 0 Å². The van der Waals surface area contributed by atoms with Crippen molar-refractivity contribution < 1.29 is 0 Å². The van der Waals surface area contributed by atoms with E-state index in [4.69, 9.17) is 0 Å². The van der Waals surface area contributed by atoms with Gasteiger partial charge in [0.05, 0.1) is 6.07 Å². The Morgan fingerprint density at radius 2 is 2.19 bits per heavy atom. The lowest BCUT2D eigenvalue weighted by Crippen LogP contribution is -2.45. The van der Waals surface area contributed by atoms with Crippen LogP contribution in [0.15, 0.2) is 0 Å². The summed E-state index contributed by atoms with van der Waals surface area (Å²) in [6, 6.07) is 2.50. The molecule has 16 heavy (non-hydrogen) atoms. The largest absolute Gasteiger partial charge is 0.302 e. The van der Waals surface area contributed by atoms with E-state index in [1.165, 1.54) is 18.6 Å². The second-order valence-electron chi connectivity index (χ2n) is 5.67. The van der Waals surface area contributed by atoms with Crippen LogP contribution in [0.1, 0.15) is 46.5 Å². The molecule has 2 nitrogen and oxygen atoms in total. The molecule has 0 amide bonds. The van der Waals surface area contributed by atoms with E-state index < -0.39 is 0 Å². The van der Waals surface area contributed by atoms with Crippen LogP contribution in [-0.2, 0) is 0 Å². The van der Waals surface area contributed by atoms with Gasteiger partial charge in [-0.25, -0.2) is 0 Å². The Hall–Kier alpha value is -0.200. The summed E-state index contributed by atoms with van der Waals surface area (Å²) < 4.78 is 0.341. The third-order valence-electron chi connectivity index (χ3n) is 3.47. The summed E-state index contributed by atoms with van der Waals surface area (Å²) in [6.07, 6.45) is 4.58. The van der Waals surface area contributed by atoms with Gasteiger partial charge in [0.2, 0.25) is 0 Å². The van der Waals surface area contributed by atoms with Crippen molar-refractivity contribution in [1.82, 2.24) is 5.32 Å². The molecule has 1 rings (SSSR count). The van der Waals surface area contributed by atoms with Crippen molar-refractivity contribution >= 4 is 11.8 Å². The zero-order valence-electron chi connectivity index (χ0n) is 11.0. The summed E-state index contributed by atoms with van der Waals surface area (Å²) in [5.74, 6) is 1.71. The van der Waals surface area contributed by atoms with Gasteiger partial charge in [-0.15, -0.1) is 0 Å². The predicted octanol–water partition coefficient (Wildman–Crippen LogP) is 3.19. The Labute approximate surface area is 104 Å². The Bertz CT molecular complexity index is 264. The van der Waals surface area contributed by atoms with Gasteiger partial charge in [-0.2, -0.15) is 17.0 Å². The fraction of sp³-hybridized carbons (Fsp3) is 0.923. The minimum absolute atomic E-state index is 0.238. The van der Waals surface area contributed by atoms with Gasteiger partial charge in [-0.05, 0) is 38.0 Å². The number of nitrogens with one attached hydrogen (secondary N) is 1. The van der Waals surface area contributed by atoms with Crippen molar-refractivity contribution in [2.24, 2.45) is 5.92 Å². The Kier molecular flexibility index (Phi) is 4.70. The highest BCUT2D eigenvalue weighted by molar-refractivity contribution is 8.00. The normalized spacial score (nSPS) is 30.3. The van der Waals surface area contributed by atoms with E-state index in [0.717, 1.165) is 12.8 Å². The molecule has 2 unspecified atom stereocenters. The first-order valence-corrected chi connectivity index (χ1v) is 7.16. The SMILES string of the molecule is CNC1(C#N)CCCC1CCSC(C)(C)C. The Morgan fingerprint density at radius 1 is 1.50 bits per heavy atom. The zero-order chi connectivity index (χ0) is 12.2. The van der Waals surface area contributed by atoms with Gasteiger partial charge in [-0.3, -0.25) is 0 Å². The molecule has 92 valence electrons. The topological polar surface area (TPSA) is 35.8 Å². The molecule has 2 atom stereocenters. The molecule has 0 saturated heterocycles. The molecule has 0 spiro atoms. The maximum absolute atomic E-state index is 9.33. The van der Waals surface area contributed by atoms with Crippen LogP contribution in [0.4, 0.5) is 0 Å². The highest BCUT2D eigenvalue weighted by Crippen LogP contribution is 2.38. The first kappa shape index (κ1) is 13.9. The third-order valence-corrected chi connectivity index (χ3v) is 4.77. The number of nitriles is 1. The van der Waals surface area contributed by atoms with E-state index in [-0.39, 0.29) is 5.54 Å². The average molecular weight is 240 g/mol. The lowest BCUT2D eigenvalue weighted by Gasteiger charge is -2.29. The number of hydrogen-bond donors (Lipinski definition) is 1. The molecule has 1 aliphatic rings. The summed E-state index contributed by atoms with van der Waals surface area (Å²) in [5, 5.41) is 12.6. The first-order chi connectivity index (χ1) is 7.43. The zero-order valence-corrected chi connectivity index (χ0v) is 11.8. The van der Waals surface area contributed by atoms with E-state index in [2.05, 4.69) is 32.2 Å². The van der Waals surface area contributed by atoms with Gasteiger partial charge >= 0.3 is 0 Å². The van der Waals surface area contributed by atoms with Crippen LogP contribution in [0.25, 0.3) is 0 Å². The van der Waals surface area contributed by atoms with Crippen LogP contribution in [0, 0.1) is 17.2 Å². The van der Waals surface area contributed by atoms with E-state index in [1.54, 1.807) is 0 Å². The molecule has 3 heteroatoms. The van der Waals surface area contributed by atoms with Crippen LogP contribution in [0.5, 0.6) is 0 Å². The van der Waals surface area contributed by atoms with Gasteiger partial charge in [0, 0.05) is 4.75 Å². The molecule has 1 aliphatic carbocycles. The molecule has 1 N–H and O–H groups in total. The van der Waals surface area contributed by atoms with E-state index in [9.17, 15) is 5.26 Å². The quantitative estimate of drug-likeness (QED) is 0.820. The summed E-state index contributed by atoms with van der Waals surface area (Å²) in [5.41, 5.74) is -0.238. The van der Waals surface area contributed by atoms with E-state index in [1.807, 2.05) is 18.8 Å². The molecular formula is C13H24N2S. The number of hydrogen-bond acceptors (Lipinski definition) is 3. The molecule has 0 aliphatic heterocycles. The fourth-order valence-electron chi connectivity index (χ4n) is 2.51. The molecule has 0 bridgehead atoms. The smallest absolute Gasteiger partial charge is 0.109 e. The maximum Gasteiger partial charge on any atom is 0.109 e. The lowest BCUT2D eigenvalue weighted by molar-refractivity contribution is 0.331. The average Bonchev–Trinajstić information content (AvgIpc) is 2.60. The number of nitrogens with zero attached hydrogens (tertiary/aromatic N) is 1. The number of thioether (sulfide) groups is 1. The van der Waals surface area contributed by atoms with Crippen molar-refractivity contribution in [2.75, 3.05) is 12.8 Å². The molecule has 1 fully saturated rings. The molecule has 0 aromatic carbocycles. The minimum Gasteiger partial charge on any atom is -0.302 e. The number of rotatable bonds is 4. The first-order valence-electron chi connectivity index (χ1n) is 6.18. The lowest BCUT2D eigenvalue weighted by atomic mass is 9.87. The summed E-state index contributed by atoms with van der Waals surface area (Å²) in [4.78, 5) is 0. The Morgan fingerprint density at radius 3 is 2.69 bits per heavy atom. The van der Waals surface area contributed by atoms with Gasteiger partial charge in [0.15, 0.2) is 0 Å². The van der Waals surface area contributed by atoms with Crippen molar-refractivity contribution in [3.05, 3.63) is 0 Å². The molecule has 0 aromatic rings. The van der Waals surface area contributed by atoms with Gasteiger partial charge in [0.25, 0.3) is 0 Å². The van der Waals surface area contributed by atoms with Gasteiger partial charge in [-0.1, -0.05) is 27.2 Å². The van der Waals surface area contributed by atoms with Gasteiger partial charge < -0.3 is 5.32 Å². The molecule has 0 radical (unpaired) electrons. The van der Waals surface area contributed by atoms with Crippen molar-refractivity contribution in [3.63, 3.8) is 0 Å². The monoisotopic (exact) mass is 240 g/mol. The molecular weight excluding hydrogens is 216 g/mol. The standard InChI is InChI=1S/C13H24N2S/c1-12(2,3)16-9-7-11-6-5-8-13(11,10-14)15-4/h11,15H,5-9H2,1-4H3. The third kappa shape index (κ3) is 3.40. The van der Waals surface area contributed by atoms with Gasteiger partial charge in [0.1, 0.15) is 5.54 Å². The maximum atomic E-state index is 9.33. The van der Waals surface area contributed by atoms with Crippen molar-refractivity contribution in [3.8, 4) is 6.07 Å². The summed E-state index contributed by atoms with van der Waals surface area (Å²) in [7, 11) is 1.93. The fourth-order valence-corrected chi connectivity index (χ4v) is 3.52. The van der Waals surface area contributed by atoms with Crippen LogP contribution in [0.3, 0.4) is 0 Å². The van der Waals surface area contributed by atoms with Crippen LogP contribution in [-0.4, -0.2) is 23.1 Å². The second kappa shape index (κ2) is 5.42. The molecule has 0 aromatic heterocycles. The minimum atomic E-state index is -0.238. The Balaban J connectivity index is 2.45. The summed E-state index contributed by atoms with van der Waals surface area (Å²) in [6.45, 7) is 6.76. The van der Waals surface area contributed by atoms with E-state index in [0.29, 0.717) is 10.7 Å². The van der Waals surface area contributed by atoms with E-state index >= 15 is 0 Å².